The highest BCUT2D eigenvalue weighted by molar-refractivity contribution is 7.99. The van der Waals surface area contributed by atoms with Crippen LogP contribution in [0.1, 0.15) is 68.7 Å². The van der Waals surface area contributed by atoms with Crippen LogP contribution in [-0.2, 0) is 11.4 Å². The molecule has 1 aliphatic heterocycles. The Morgan fingerprint density at radius 2 is 2.08 bits per heavy atom. The number of hydrogen-bond donors (Lipinski definition) is 3. The summed E-state index contributed by atoms with van der Waals surface area (Å²) in [5.74, 6) is 1.25. The number of aliphatic hydroxyl groups excluding tert-OH is 1. The first-order valence-corrected chi connectivity index (χ1v) is 14.0. The maximum atomic E-state index is 15.8. The van der Waals surface area contributed by atoms with Crippen LogP contribution in [0.5, 0.6) is 5.75 Å². The summed E-state index contributed by atoms with van der Waals surface area (Å²) in [5, 5.41) is 20.7. The van der Waals surface area contributed by atoms with Gasteiger partial charge in [0.25, 0.3) is 0 Å². The van der Waals surface area contributed by atoms with Gasteiger partial charge in [-0.2, -0.15) is 11.8 Å². The van der Waals surface area contributed by atoms with Gasteiger partial charge >= 0.3 is 0 Å². The number of methoxy groups -OCH3 is 1. The van der Waals surface area contributed by atoms with Crippen molar-refractivity contribution in [2.24, 2.45) is 5.41 Å². The maximum absolute atomic E-state index is 15.8. The fourth-order valence-corrected chi connectivity index (χ4v) is 7.08. The summed E-state index contributed by atoms with van der Waals surface area (Å²) in [7, 11) is 1.55. The monoisotopic (exact) mass is 519 g/mol. The lowest BCUT2D eigenvalue weighted by atomic mass is 9.73. The number of rotatable bonds is 11. The first-order chi connectivity index (χ1) is 17.5. The van der Waals surface area contributed by atoms with Crippen molar-refractivity contribution in [2.75, 3.05) is 32.5 Å². The second kappa shape index (κ2) is 12.5. The van der Waals surface area contributed by atoms with Crippen molar-refractivity contribution >= 4 is 28.6 Å². The van der Waals surface area contributed by atoms with Crippen LogP contribution in [0.25, 0.3) is 10.9 Å². The molecule has 0 unspecified atom stereocenters. The van der Waals surface area contributed by atoms with Crippen molar-refractivity contribution in [1.82, 2.24) is 15.4 Å². The van der Waals surface area contributed by atoms with Gasteiger partial charge in [0, 0.05) is 40.3 Å². The number of carbonyl (C=O) groups excluding carboxylic acids is 1. The Morgan fingerprint density at radius 1 is 1.33 bits per heavy atom. The van der Waals surface area contributed by atoms with E-state index in [1.807, 2.05) is 5.48 Å². The number of aliphatic hydroxyl groups is 1. The number of aromatic nitrogens is 1. The number of likely N-dealkylation sites (tertiary alicyclic amines) is 1. The highest BCUT2D eigenvalue weighted by Crippen LogP contribution is 2.41. The molecule has 1 aliphatic carbocycles. The largest absolute Gasteiger partial charge is 0.497 e. The zero-order chi connectivity index (χ0) is 25.5. The Kier molecular flexibility index (Phi) is 9.44. The number of nitrogens with one attached hydrogen (secondary N) is 1. The minimum atomic E-state index is -1.39. The number of alkyl halides is 1. The van der Waals surface area contributed by atoms with Crippen LogP contribution in [0, 0.1) is 5.41 Å². The summed E-state index contributed by atoms with van der Waals surface area (Å²) < 4.78 is 21.2. The van der Waals surface area contributed by atoms with Crippen LogP contribution in [0.4, 0.5) is 4.39 Å². The molecule has 2 heterocycles. The van der Waals surface area contributed by atoms with Crippen LogP contribution in [0.2, 0.25) is 0 Å². The van der Waals surface area contributed by atoms with Crippen LogP contribution < -0.4 is 10.2 Å². The number of pyridine rings is 1. The lowest BCUT2D eigenvalue weighted by molar-refractivity contribution is -0.143. The van der Waals surface area contributed by atoms with E-state index in [-0.39, 0.29) is 13.0 Å². The third-order valence-electron chi connectivity index (χ3n) is 8.02. The number of amides is 1. The van der Waals surface area contributed by atoms with Crippen molar-refractivity contribution in [2.45, 2.75) is 69.4 Å². The van der Waals surface area contributed by atoms with E-state index < -0.39 is 17.5 Å². The molecule has 7 nitrogen and oxygen atoms in total. The summed E-state index contributed by atoms with van der Waals surface area (Å²) in [5.41, 5.74) is 2.48. The second-order valence-electron chi connectivity index (χ2n) is 10.1. The number of carbonyl (C=O) groups is 1. The molecule has 0 bridgehead atoms. The van der Waals surface area contributed by atoms with E-state index in [1.54, 1.807) is 25.3 Å². The van der Waals surface area contributed by atoms with E-state index in [2.05, 4.69) is 21.6 Å². The number of benzene rings is 1. The van der Waals surface area contributed by atoms with E-state index in [9.17, 15) is 15.1 Å². The number of piperidine rings is 1. The highest BCUT2D eigenvalue weighted by atomic mass is 32.2. The van der Waals surface area contributed by atoms with Crippen molar-refractivity contribution in [3.05, 3.63) is 35.5 Å². The minimum Gasteiger partial charge on any atom is -0.497 e. The Hall–Kier alpha value is -1.94. The number of hydroxylamine groups is 1. The van der Waals surface area contributed by atoms with Gasteiger partial charge in [-0.1, -0.05) is 12.8 Å². The Labute approximate surface area is 216 Å². The van der Waals surface area contributed by atoms with E-state index >= 15 is 4.39 Å². The lowest BCUT2D eigenvalue weighted by Gasteiger charge is -2.40. The Morgan fingerprint density at radius 3 is 2.75 bits per heavy atom. The summed E-state index contributed by atoms with van der Waals surface area (Å²) in [6.45, 7) is 2.18. The summed E-state index contributed by atoms with van der Waals surface area (Å²) >= 11 is 2.06. The molecule has 1 amide bonds. The predicted molar refractivity (Wildman–Crippen MR) is 140 cm³/mol. The number of hydrogen-bond acceptors (Lipinski definition) is 7. The van der Waals surface area contributed by atoms with E-state index in [1.165, 1.54) is 31.9 Å². The normalized spacial score (nSPS) is 19.4. The molecule has 0 radical (unpaired) electrons. The van der Waals surface area contributed by atoms with Gasteiger partial charge in [-0.3, -0.25) is 15.0 Å². The van der Waals surface area contributed by atoms with Gasteiger partial charge in [0.1, 0.15) is 11.9 Å². The molecule has 36 heavy (non-hydrogen) atoms. The molecule has 0 spiro atoms. The van der Waals surface area contributed by atoms with Gasteiger partial charge in [-0.15, -0.1) is 0 Å². The number of halogens is 1. The number of nitrogens with zero attached hydrogens (tertiary/aromatic N) is 2. The first kappa shape index (κ1) is 27.1. The molecular weight excluding hydrogens is 481 g/mol. The van der Waals surface area contributed by atoms with Gasteiger partial charge in [-0.05, 0) is 69.8 Å². The molecule has 3 N–H and O–H groups in total. The van der Waals surface area contributed by atoms with Crippen molar-refractivity contribution in [3.63, 3.8) is 0 Å². The van der Waals surface area contributed by atoms with Crippen molar-refractivity contribution in [3.8, 4) is 5.75 Å². The standard InChI is InChI=1S/C27H38FN3O4S/c1-35-20-6-7-24-22(16-20)25(19(18-32)17-29-24)23(28)8-9-27(26(33)30-34)10-12-31(13-11-27)14-15-36-21-4-2-3-5-21/h6-7,16-17,21,23,32,34H,2-5,8-15,18H2,1H3,(H,30,33)/t23-/m1/s1. The molecule has 1 aromatic carbocycles. The molecule has 1 saturated carbocycles. The average molecular weight is 520 g/mol. The molecule has 2 fully saturated rings. The SMILES string of the molecule is COc1ccc2ncc(CO)c([C@H](F)CCC3(C(=O)NO)CCN(CCSC4CCCC4)CC3)c2c1. The van der Waals surface area contributed by atoms with Crippen molar-refractivity contribution in [1.29, 1.82) is 0 Å². The second-order valence-corrected chi connectivity index (χ2v) is 11.5. The van der Waals surface area contributed by atoms with Crippen LogP contribution >= 0.6 is 11.8 Å². The summed E-state index contributed by atoms with van der Waals surface area (Å²) in [6, 6.07) is 5.28. The summed E-state index contributed by atoms with van der Waals surface area (Å²) in [6.07, 6.45) is 7.03. The third kappa shape index (κ3) is 6.13. The van der Waals surface area contributed by atoms with Crippen LogP contribution in [0.3, 0.4) is 0 Å². The molecule has 1 atom stereocenters. The third-order valence-corrected chi connectivity index (χ3v) is 9.38. The smallest absolute Gasteiger partial charge is 0.249 e. The fourth-order valence-electron chi connectivity index (χ4n) is 5.72. The molecule has 1 aromatic heterocycles. The molecular formula is C27H38FN3O4S. The zero-order valence-corrected chi connectivity index (χ0v) is 21.9. The Balaban J connectivity index is 1.42. The van der Waals surface area contributed by atoms with Crippen LogP contribution in [0.15, 0.2) is 24.4 Å². The average Bonchev–Trinajstić information content (AvgIpc) is 3.44. The van der Waals surface area contributed by atoms with Gasteiger partial charge in [0.05, 0.1) is 24.6 Å². The quantitative estimate of drug-likeness (QED) is 0.290. The molecule has 4 rings (SSSR count). The number of ether oxygens (including phenoxy) is 1. The number of fused-ring (bicyclic) bond motifs is 1. The van der Waals surface area contributed by atoms with Gasteiger partial charge in [0.2, 0.25) is 5.91 Å². The molecule has 9 heteroatoms. The molecule has 2 aromatic rings. The molecule has 2 aliphatic rings. The zero-order valence-electron chi connectivity index (χ0n) is 21.0. The van der Waals surface area contributed by atoms with Gasteiger partial charge in [-0.25, -0.2) is 9.87 Å². The number of thioether (sulfide) groups is 1. The van der Waals surface area contributed by atoms with Gasteiger partial charge < -0.3 is 14.7 Å². The van der Waals surface area contributed by atoms with Gasteiger partial charge in [0.15, 0.2) is 0 Å². The predicted octanol–water partition coefficient (Wildman–Crippen LogP) is 4.79. The van der Waals surface area contributed by atoms with E-state index in [0.29, 0.717) is 47.0 Å². The van der Waals surface area contributed by atoms with E-state index in [4.69, 9.17) is 4.74 Å². The fraction of sp³-hybridized carbons (Fsp3) is 0.630. The van der Waals surface area contributed by atoms with Crippen LogP contribution in [-0.4, -0.2) is 63.9 Å². The molecule has 1 saturated heterocycles. The lowest BCUT2D eigenvalue weighted by Crippen LogP contribution is -2.48. The van der Waals surface area contributed by atoms with E-state index in [0.717, 1.165) is 30.6 Å². The molecule has 198 valence electrons. The van der Waals surface area contributed by atoms with Crippen molar-refractivity contribution < 1.29 is 24.2 Å². The first-order valence-electron chi connectivity index (χ1n) is 13.0. The minimum absolute atomic E-state index is 0.105. The highest BCUT2D eigenvalue weighted by Gasteiger charge is 2.41. The Bertz CT molecular complexity index is 1020. The maximum Gasteiger partial charge on any atom is 0.249 e. The summed E-state index contributed by atoms with van der Waals surface area (Å²) in [4.78, 5) is 19.5. The topological polar surface area (TPSA) is 94.9 Å².